The molecule has 2 rings (SSSR count). The maximum atomic E-state index is 5.77. The fourth-order valence-corrected chi connectivity index (χ4v) is 2.35. The van der Waals surface area contributed by atoms with Crippen LogP contribution in [0.15, 0.2) is 24.3 Å². The van der Waals surface area contributed by atoms with Crippen LogP contribution in [0.25, 0.3) is 0 Å². The average Bonchev–Trinajstić information content (AvgIpc) is 2.46. The Morgan fingerprint density at radius 1 is 1.45 bits per heavy atom. The van der Waals surface area contributed by atoms with E-state index in [1.165, 1.54) is 0 Å². The van der Waals surface area contributed by atoms with Crippen LogP contribution in [0.1, 0.15) is 19.4 Å². The van der Waals surface area contributed by atoms with Crippen LogP contribution in [0.2, 0.25) is 0 Å². The summed E-state index contributed by atoms with van der Waals surface area (Å²) in [6.07, 6.45) is 0.126. The van der Waals surface area contributed by atoms with Crippen LogP contribution in [0.3, 0.4) is 0 Å². The topological polar surface area (TPSA) is 47.7 Å². The number of nitrogens with two attached hydrogens (primary N) is 1. The number of benzene rings is 1. The smallest absolute Gasteiger partial charge is 0.119 e. The number of hydrogen-bond donors (Lipinski definition) is 1. The van der Waals surface area contributed by atoms with Crippen molar-refractivity contribution in [2.75, 3.05) is 26.3 Å². The van der Waals surface area contributed by atoms with Gasteiger partial charge < -0.3 is 15.2 Å². The summed E-state index contributed by atoms with van der Waals surface area (Å²) in [7, 11) is 0. The molecule has 1 aromatic rings. The van der Waals surface area contributed by atoms with Gasteiger partial charge in [0.2, 0.25) is 0 Å². The summed E-state index contributed by atoms with van der Waals surface area (Å²) in [4.78, 5) is 2.81. The molecule has 0 radical (unpaired) electrons. The van der Waals surface area contributed by atoms with Crippen molar-refractivity contribution in [1.29, 1.82) is 0 Å². The summed E-state index contributed by atoms with van der Waals surface area (Å²) in [6, 6.07) is 8.07. The predicted molar refractivity (Wildman–Crippen MR) is 84.3 cm³/mol. The van der Waals surface area contributed by atoms with Crippen LogP contribution in [0.4, 0.5) is 0 Å². The van der Waals surface area contributed by atoms with Crippen LogP contribution in [-0.4, -0.2) is 48.3 Å². The fourth-order valence-electron chi connectivity index (χ4n) is 2.22. The van der Waals surface area contributed by atoms with Gasteiger partial charge in [0, 0.05) is 24.7 Å². The number of hydrogen-bond acceptors (Lipinski definition) is 4. The van der Waals surface area contributed by atoms with Crippen molar-refractivity contribution in [3.8, 4) is 5.75 Å². The summed E-state index contributed by atoms with van der Waals surface area (Å²) >= 11 is 4.92. The van der Waals surface area contributed by atoms with E-state index >= 15 is 0 Å². The third kappa shape index (κ3) is 4.16. The number of rotatable bonds is 5. The zero-order chi connectivity index (χ0) is 14.5. The Kier molecular flexibility index (Phi) is 5.34. The Labute approximate surface area is 125 Å². The molecule has 0 aromatic heterocycles. The Morgan fingerprint density at radius 2 is 2.15 bits per heavy atom. The first kappa shape index (κ1) is 15.2. The zero-order valence-corrected chi connectivity index (χ0v) is 12.9. The molecule has 1 aromatic carbocycles. The van der Waals surface area contributed by atoms with Gasteiger partial charge in [0.05, 0.1) is 6.61 Å². The van der Waals surface area contributed by atoms with E-state index in [1.54, 1.807) is 0 Å². The van der Waals surface area contributed by atoms with E-state index in [0.29, 0.717) is 17.6 Å². The molecule has 0 amide bonds. The molecule has 2 N–H and O–H groups in total. The quantitative estimate of drug-likeness (QED) is 0.839. The van der Waals surface area contributed by atoms with Gasteiger partial charge in [-0.05, 0) is 38.1 Å². The van der Waals surface area contributed by atoms with Gasteiger partial charge in [0.1, 0.15) is 23.4 Å². The average molecular weight is 294 g/mol. The van der Waals surface area contributed by atoms with E-state index in [9.17, 15) is 0 Å². The molecule has 0 saturated carbocycles. The number of ether oxygens (including phenoxy) is 2. The van der Waals surface area contributed by atoms with Gasteiger partial charge in [-0.1, -0.05) is 12.2 Å². The van der Waals surface area contributed by atoms with Gasteiger partial charge in [-0.2, -0.15) is 0 Å². The molecule has 1 aliphatic heterocycles. The van der Waals surface area contributed by atoms with Crippen molar-refractivity contribution in [3.63, 3.8) is 0 Å². The highest BCUT2D eigenvalue weighted by Gasteiger charge is 2.22. The third-order valence-corrected chi connectivity index (χ3v) is 3.71. The molecular formula is C15H22N2O2S. The maximum Gasteiger partial charge on any atom is 0.119 e. The molecular weight excluding hydrogens is 272 g/mol. The highest BCUT2D eigenvalue weighted by Crippen LogP contribution is 2.14. The van der Waals surface area contributed by atoms with E-state index in [0.717, 1.165) is 31.0 Å². The Bertz CT molecular complexity index is 448. The van der Waals surface area contributed by atoms with Gasteiger partial charge >= 0.3 is 0 Å². The molecule has 0 aliphatic carbocycles. The molecule has 4 nitrogen and oxygen atoms in total. The summed E-state index contributed by atoms with van der Waals surface area (Å²) in [5.41, 5.74) is 6.42. The number of thiocarbonyl (C=S) groups is 1. The van der Waals surface area contributed by atoms with Crippen molar-refractivity contribution >= 4 is 17.2 Å². The van der Waals surface area contributed by atoms with E-state index in [4.69, 9.17) is 27.4 Å². The molecule has 110 valence electrons. The molecule has 1 saturated heterocycles. The van der Waals surface area contributed by atoms with Crippen molar-refractivity contribution in [2.24, 2.45) is 5.73 Å². The molecule has 20 heavy (non-hydrogen) atoms. The number of nitrogens with zero attached hydrogens (tertiary/aromatic N) is 1. The first-order valence-electron chi connectivity index (χ1n) is 6.94. The Morgan fingerprint density at radius 3 is 2.75 bits per heavy atom. The third-order valence-electron chi connectivity index (χ3n) is 3.48. The Balaban J connectivity index is 1.84. The van der Waals surface area contributed by atoms with Gasteiger partial charge in [-0.3, -0.25) is 4.90 Å². The van der Waals surface area contributed by atoms with E-state index < -0.39 is 0 Å². The lowest BCUT2D eigenvalue weighted by Gasteiger charge is -2.35. The minimum atomic E-state index is 0.126. The summed E-state index contributed by atoms with van der Waals surface area (Å²) < 4.78 is 11.5. The number of morpholine rings is 1. The lowest BCUT2D eigenvalue weighted by Crippen LogP contribution is -2.47. The van der Waals surface area contributed by atoms with Crippen molar-refractivity contribution in [3.05, 3.63) is 29.8 Å². The molecule has 1 fully saturated rings. The maximum absolute atomic E-state index is 5.77. The van der Waals surface area contributed by atoms with Crippen LogP contribution >= 0.6 is 12.2 Å². The highest BCUT2D eigenvalue weighted by atomic mass is 32.1. The van der Waals surface area contributed by atoms with E-state index in [1.807, 2.05) is 24.3 Å². The van der Waals surface area contributed by atoms with Gasteiger partial charge in [-0.25, -0.2) is 0 Å². The second-order valence-electron chi connectivity index (χ2n) is 5.28. The zero-order valence-electron chi connectivity index (χ0n) is 12.0. The highest BCUT2D eigenvalue weighted by molar-refractivity contribution is 7.80. The molecule has 0 spiro atoms. The minimum absolute atomic E-state index is 0.126. The van der Waals surface area contributed by atoms with Gasteiger partial charge in [0.15, 0.2) is 0 Å². The van der Waals surface area contributed by atoms with Crippen LogP contribution < -0.4 is 10.5 Å². The molecule has 1 heterocycles. The first-order chi connectivity index (χ1) is 9.56. The summed E-state index contributed by atoms with van der Waals surface area (Å²) in [5.74, 6) is 0.815. The lowest BCUT2D eigenvalue weighted by atomic mass is 10.2. The van der Waals surface area contributed by atoms with Crippen LogP contribution in [-0.2, 0) is 4.74 Å². The lowest BCUT2D eigenvalue weighted by molar-refractivity contribution is -0.0564. The SMILES string of the molecule is CC(C)N1CCOC(COc2ccc(C(N)=S)cc2)C1. The molecule has 5 heteroatoms. The van der Waals surface area contributed by atoms with Gasteiger partial charge in [-0.15, -0.1) is 0 Å². The predicted octanol–water partition coefficient (Wildman–Crippen LogP) is 1.81. The van der Waals surface area contributed by atoms with E-state index in [-0.39, 0.29) is 6.10 Å². The summed E-state index contributed by atoms with van der Waals surface area (Å²) in [6.45, 7) is 7.66. The standard InChI is InChI=1S/C15H22N2O2S/c1-11(2)17-7-8-18-14(9-17)10-19-13-5-3-12(4-6-13)15(16)20/h3-6,11,14H,7-10H2,1-2H3,(H2,16,20). The second kappa shape index (κ2) is 7.02. The molecule has 1 aliphatic rings. The molecule has 0 bridgehead atoms. The van der Waals surface area contributed by atoms with Crippen LogP contribution in [0.5, 0.6) is 5.75 Å². The molecule has 1 atom stereocenters. The van der Waals surface area contributed by atoms with Crippen LogP contribution in [0, 0.1) is 0 Å². The summed E-state index contributed by atoms with van der Waals surface area (Å²) in [5, 5.41) is 0. The molecule has 1 unspecified atom stereocenters. The largest absolute Gasteiger partial charge is 0.491 e. The van der Waals surface area contributed by atoms with Crippen molar-refractivity contribution in [2.45, 2.75) is 26.0 Å². The van der Waals surface area contributed by atoms with Crippen molar-refractivity contribution < 1.29 is 9.47 Å². The first-order valence-corrected chi connectivity index (χ1v) is 7.35. The van der Waals surface area contributed by atoms with E-state index in [2.05, 4.69) is 18.7 Å². The normalized spacial score (nSPS) is 20.1. The monoisotopic (exact) mass is 294 g/mol. The second-order valence-corrected chi connectivity index (χ2v) is 5.72. The van der Waals surface area contributed by atoms with Gasteiger partial charge in [0.25, 0.3) is 0 Å². The minimum Gasteiger partial charge on any atom is -0.491 e. The Hall–Kier alpha value is -1.17. The fraction of sp³-hybridized carbons (Fsp3) is 0.533. The van der Waals surface area contributed by atoms with Crippen molar-refractivity contribution in [1.82, 2.24) is 4.90 Å².